The molecule has 0 aromatic carbocycles. The molecule has 0 N–H and O–H groups in total. The maximum absolute atomic E-state index is 10.1. The van der Waals surface area contributed by atoms with E-state index >= 15 is 0 Å². The van der Waals surface area contributed by atoms with Crippen LogP contribution in [0, 0.1) is 0 Å². The molecule has 3 nitrogen and oxygen atoms in total. The van der Waals surface area contributed by atoms with Crippen LogP contribution in [0.25, 0.3) is 0 Å². The minimum absolute atomic E-state index is 0.0905. The van der Waals surface area contributed by atoms with E-state index in [-0.39, 0.29) is 6.10 Å². The van der Waals surface area contributed by atoms with Gasteiger partial charge in [-0.05, 0) is 33.1 Å². The van der Waals surface area contributed by atoms with Gasteiger partial charge in [0.15, 0.2) is 0 Å². The highest BCUT2D eigenvalue weighted by Gasteiger charge is 2.31. The summed E-state index contributed by atoms with van der Waals surface area (Å²) in [5.74, 6) is 0. The van der Waals surface area contributed by atoms with Gasteiger partial charge >= 0.3 is 0 Å². The summed E-state index contributed by atoms with van der Waals surface area (Å²) in [7, 11) is 0. The van der Waals surface area contributed by atoms with Crippen molar-refractivity contribution in [1.29, 1.82) is 0 Å². The molecule has 1 saturated heterocycles. The molecule has 3 heteroatoms. The van der Waals surface area contributed by atoms with E-state index in [4.69, 9.17) is 4.74 Å². The lowest BCUT2D eigenvalue weighted by Crippen LogP contribution is -2.38. The first-order valence-corrected chi connectivity index (χ1v) is 4.37. The number of nitrogens with zero attached hydrogens (tertiary/aromatic N) is 1. The standard InChI is InChI=1S/C9H15NO2/c1-9(2,10-7-11)8-5-3-4-6-12-8/h8H,3-6H2,1-2H3. The fourth-order valence-electron chi connectivity index (χ4n) is 1.49. The van der Waals surface area contributed by atoms with Gasteiger partial charge in [-0.25, -0.2) is 4.79 Å². The van der Waals surface area contributed by atoms with Gasteiger partial charge in [0.1, 0.15) is 0 Å². The van der Waals surface area contributed by atoms with E-state index in [1.54, 1.807) is 6.08 Å². The Kier molecular flexibility index (Phi) is 3.01. The first-order chi connectivity index (χ1) is 5.67. The van der Waals surface area contributed by atoms with Crippen LogP contribution in [-0.4, -0.2) is 24.3 Å². The zero-order chi connectivity index (χ0) is 9.03. The number of hydrogen-bond donors (Lipinski definition) is 0. The number of rotatable bonds is 2. The summed E-state index contributed by atoms with van der Waals surface area (Å²) in [6.45, 7) is 4.62. The highest BCUT2D eigenvalue weighted by molar-refractivity contribution is 5.34. The van der Waals surface area contributed by atoms with Crippen molar-refractivity contribution in [2.75, 3.05) is 6.61 Å². The molecule has 0 bridgehead atoms. The van der Waals surface area contributed by atoms with Crippen molar-refractivity contribution in [3.8, 4) is 0 Å². The number of ether oxygens (including phenoxy) is 1. The third kappa shape index (κ3) is 2.16. The van der Waals surface area contributed by atoms with Crippen molar-refractivity contribution in [2.45, 2.75) is 44.8 Å². The molecule has 1 aliphatic heterocycles. The summed E-state index contributed by atoms with van der Waals surface area (Å²) < 4.78 is 5.52. The Hall–Kier alpha value is -0.660. The predicted molar refractivity (Wildman–Crippen MR) is 45.8 cm³/mol. The highest BCUT2D eigenvalue weighted by Crippen LogP contribution is 2.25. The Morgan fingerprint density at radius 3 is 2.75 bits per heavy atom. The third-order valence-corrected chi connectivity index (χ3v) is 2.30. The Morgan fingerprint density at radius 2 is 2.25 bits per heavy atom. The normalized spacial score (nSPS) is 24.7. The Morgan fingerprint density at radius 1 is 1.50 bits per heavy atom. The van der Waals surface area contributed by atoms with Gasteiger partial charge in [-0.15, -0.1) is 0 Å². The van der Waals surface area contributed by atoms with Gasteiger partial charge in [0.05, 0.1) is 11.6 Å². The Bertz CT molecular complexity index is 189. The van der Waals surface area contributed by atoms with Crippen LogP contribution in [-0.2, 0) is 9.53 Å². The molecular weight excluding hydrogens is 154 g/mol. The molecule has 68 valence electrons. The molecule has 1 fully saturated rings. The topological polar surface area (TPSA) is 38.7 Å². The molecule has 0 aromatic heterocycles. The molecule has 1 heterocycles. The minimum Gasteiger partial charge on any atom is -0.376 e. The van der Waals surface area contributed by atoms with Gasteiger partial charge in [0.2, 0.25) is 6.08 Å². The van der Waals surface area contributed by atoms with E-state index in [1.807, 2.05) is 13.8 Å². The average molecular weight is 169 g/mol. The number of isocyanates is 1. The van der Waals surface area contributed by atoms with E-state index in [0.717, 1.165) is 19.4 Å². The van der Waals surface area contributed by atoms with Gasteiger partial charge in [0, 0.05) is 6.61 Å². The fraction of sp³-hybridized carbons (Fsp3) is 0.889. The average Bonchev–Trinajstić information content (AvgIpc) is 2.06. The van der Waals surface area contributed by atoms with Crippen LogP contribution in [0.5, 0.6) is 0 Å². The number of hydrogen-bond acceptors (Lipinski definition) is 3. The summed E-state index contributed by atoms with van der Waals surface area (Å²) in [4.78, 5) is 13.9. The first-order valence-electron chi connectivity index (χ1n) is 4.37. The minimum atomic E-state index is -0.401. The van der Waals surface area contributed by atoms with Gasteiger partial charge in [0.25, 0.3) is 0 Å². The van der Waals surface area contributed by atoms with Crippen molar-refractivity contribution in [2.24, 2.45) is 4.99 Å². The summed E-state index contributed by atoms with van der Waals surface area (Å²) >= 11 is 0. The smallest absolute Gasteiger partial charge is 0.235 e. The zero-order valence-corrected chi connectivity index (χ0v) is 7.67. The van der Waals surface area contributed by atoms with Crippen molar-refractivity contribution in [3.05, 3.63) is 0 Å². The van der Waals surface area contributed by atoms with Gasteiger partial charge in [-0.1, -0.05) is 0 Å². The largest absolute Gasteiger partial charge is 0.376 e. The Labute approximate surface area is 72.8 Å². The monoisotopic (exact) mass is 169 g/mol. The van der Waals surface area contributed by atoms with Crippen molar-refractivity contribution in [1.82, 2.24) is 0 Å². The summed E-state index contributed by atoms with van der Waals surface area (Å²) in [6, 6.07) is 0. The SMILES string of the molecule is CC(C)(N=C=O)C1CCCCO1. The summed E-state index contributed by atoms with van der Waals surface area (Å²) in [6.07, 6.45) is 4.98. The van der Waals surface area contributed by atoms with E-state index in [9.17, 15) is 4.79 Å². The molecule has 0 aliphatic carbocycles. The maximum atomic E-state index is 10.1. The van der Waals surface area contributed by atoms with E-state index in [0.29, 0.717) is 0 Å². The van der Waals surface area contributed by atoms with Crippen molar-refractivity contribution < 1.29 is 9.53 Å². The van der Waals surface area contributed by atoms with Crippen LogP contribution < -0.4 is 0 Å². The number of aliphatic imine (C=N–C) groups is 1. The lowest BCUT2D eigenvalue weighted by atomic mass is 9.92. The van der Waals surface area contributed by atoms with Crippen LogP contribution in [0.2, 0.25) is 0 Å². The second kappa shape index (κ2) is 3.83. The van der Waals surface area contributed by atoms with E-state index in [1.165, 1.54) is 6.42 Å². The molecule has 0 spiro atoms. The van der Waals surface area contributed by atoms with Gasteiger partial charge < -0.3 is 4.74 Å². The molecule has 1 rings (SSSR count). The lowest BCUT2D eigenvalue weighted by Gasteiger charge is -2.32. The quantitative estimate of drug-likeness (QED) is 0.466. The van der Waals surface area contributed by atoms with E-state index in [2.05, 4.69) is 4.99 Å². The second-order valence-corrected chi connectivity index (χ2v) is 3.71. The van der Waals surface area contributed by atoms with E-state index < -0.39 is 5.54 Å². The van der Waals surface area contributed by atoms with Gasteiger partial charge in [-0.2, -0.15) is 4.99 Å². The van der Waals surface area contributed by atoms with Gasteiger partial charge in [-0.3, -0.25) is 0 Å². The van der Waals surface area contributed by atoms with Crippen molar-refractivity contribution in [3.63, 3.8) is 0 Å². The Balaban J connectivity index is 2.59. The highest BCUT2D eigenvalue weighted by atomic mass is 16.5. The molecule has 1 aliphatic rings. The first kappa shape index (κ1) is 9.43. The number of carbonyl (C=O) groups excluding carboxylic acids is 1. The molecule has 0 saturated carbocycles. The maximum Gasteiger partial charge on any atom is 0.235 e. The molecule has 12 heavy (non-hydrogen) atoms. The fourth-order valence-corrected chi connectivity index (χ4v) is 1.49. The molecule has 0 aromatic rings. The van der Waals surface area contributed by atoms with Crippen LogP contribution in [0.15, 0.2) is 4.99 Å². The molecule has 0 amide bonds. The van der Waals surface area contributed by atoms with Crippen LogP contribution in [0.3, 0.4) is 0 Å². The van der Waals surface area contributed by atoms with Crippen LogP contribution in [0.4, 0.5) is 0 Å². The third-order valence-electron chi connectivity index (χ3n) is 2.30. The van der Waals surface area contributed by atoms with Crippen molar-refractivity contribution >= 4 is 6.08 Å². The molecule has 1 atom stereocenters. The zero-order valence-electron chi connectivity index (χ0n) is 7.67. The predicted octanol–water partition coefficient (Wildman–Crippen LogP) is 1.67. The summed E-state index contributed by atoms with van der Waals surface area (Å²) in [5, 5.41) is 0. The summed E-state index contributed by atoms with van der Waals surface area (Å²) in [5.41, 5.74) is -0.401. The second-order valence-electron chi connectivity index (χ2n) is 3.71. The lowest BCUT2D eigenvalue weighted by molar-refractivity contribution is -0.0215. The molecule has 1 unspecified atom stereocenters. The molecular formula is C9H15NO2. The van der Waals surface area contributed by atoms with Crippen LogP contribution >= 0.6 is 0 Å². The van der Waals surface area contributed by atoms with Crippen LogP contribution in [0.1, 0.15) is 33.1 Å². The molecule has 0 radical (unpaired) electrons.